The second-order valence-corrected chi connectivity index (χ2v) is 4.57. The molecular formula is C12H17N3O3. The van der Waals surface area contributed by atoms with Gasteiger partial charge in [0.25, 0.3) is 0 Å². The number of amides is 1. The van der Waals surface area contributed by atoms with Crippen LogP contribution >= 0.6 is 0 Å². The number of aromatic nitrogens is 1. The van der Waals surface area contributed by atoms with Crippen LogP contribution < -0.4 is 5.73 Å². The van der Waals surface area contributed by atoms with Crippen molar-refractivity contribution < 1.29 is 14.7 Å². The summed E-state index contributed by atoms with van der Waals surface area (Å²) in [6, 6.07) is 3.14. The Morgan fingerprint density at radius 3 is 2.94 bits per heavy atom. The van der Waals surface area contributed by atoms with Gasteiger partial charge in [0.15, 0.2) is 0 Å². The number of aromatic carboxylic acids is 1. The predicted molar refractivity (Wildman–Crippen MR) is 65.2 cm³/mol. The van der Waals surface area contributed by atoms with Gasteiger partial charge in [-0.05, 0) is 25.0 Å². The molecule has 2 heterocycles. The Morgan fingerprint density at radius 2 is 2.28 bits per heavy atom. The zero-order chi connectivity index (χ0) is 13.1. The lowest BCUT2D eigenvalue weighted by Crippen LogP contribution is -2.46. The van der Waals surface area contributed by atoms with Gasteiger partial charge in [0.1, 0.15) is 12.2 Å². The highest BCUT2D eigenvalue weighted by atomic mass is 16.4. The lowest BCUT2D eigenvalue weighted by Gasteiger charge is -2.31. The average Bonchev–Trinajstić information content (AvgIpc) is 2.77. The molecule has 0 bridgehead atoms. The Morgan fingerprint density at radius 1 is 1.50 bits per heavy atom. The minimum absolute atomic E-state index is 0.0336. The standard InChI is InChI=1S/C12H17N3O3/c13-9-3-1-6-15(7-9)11(16)8-14-5-2-4-10(14)12(17)18/h2,4-5,9H,1,3,6-8,13H2,(H,17,18). The summed E-state index contributed by atoms with van der Waals surface area (Å²) >= 11 is 0. The smallest absolute Gasteiger partial charge is 0.352 e. The van der Waals surface area contributed by atoms with Crippen LogP contribution in [0.5, 0.6) is 0 Å². The van der Waals surface area contributed by atoms with Crippen LogP contribution in [-0.4, -0.2) is 45.6 Å². The van der Waals surface area contributed by atoms with Crippen LogP contribution in [0.4, 0.5) is 0 Å². The van der Waals surface area contributed by atoms with Crippen molar-refractivity contribution in [2.45, 2.75) is 25.4 Å². The molecule has 1 aromatic heterocycles. The summed E-state index contributed by atoms with van der Waals surface area (Å²) < 4.78 is 1.45. The minimum Gasteiger partial charge on any atom is -0.477 e. The molecule has 1 atom stereocenters. The van der Waals surface area contributed by atoms with Gasteiger partial charge in [-0.15, -0.1) is 0 Å². The Balaban J connectivity index is 2.02. The molecule has 18 heavy (non-hydrogen) atoms. The molecule has 0 aromatic carbocycles. The first kappa shape index (κ1) is 12.6. The normalized spacial score (nSPS) is 19.8. The van der Waals surface area contributed by atoms with E-state index in [1.807, 2.05) is 0 Å². The molecule has 0 spiro atoms. The molecule has 6 nitrogen and oxygen atoms in total. The van der Waals surface area contributed by atoms with E-state index in [2.05, 4.69) is 0 Å². The van der Waals surface area contributed by atoms with Crippen molar-refractivity contribution in [3.8, 4) is 0 Å². The maximum absolute atomic E-state index is 12.0. The van der Waals surface area contributed by atoms with Gasteiger partial charge in [0.2, 0.25) is 5.91 Å². The predicted octanol–water partition coefficient (Wildman–Crippen LogP) is 0.136. The molecule has 1 fully saturated rings. The zero-order valence-corrected chi connectivity index (χ0v) is 10.1. The summed E-state index contributed by atoms with van der Waals surface area (Å²) in [5.74, 6) is -1.10. The third kappa shape index (κ3) is 2.70. The highest BCUT2D eigenvalue weighted by molar-refractivity contribution is 5.86. The number of carbonyl (C=O) groups excluding carboxylic acids is 1. The lowest BCUT2D eigenvalue weighted by atomic mass is 10.1. The first-order valence-corrected chi connectivity index (χ1v) is 5.99. The number of rotatable bonds is 3. The molecule has 0 aliphatic carbocycles. The summed E-state index contributed by atoms with van der Waals surface area (Å²) in [5, 5.41) is 8.95. The van der Waals surface area contributed by atoms with Crippen LogP contribution in [0.25, 0.3) is 0 Å². The second-order valence-electron chi connectivity index (χ2n) is 4.57. The first-order chi connectivity index (χ1) is 8.58. The van der Waals surface area contributed by atoms with Gasteiger partial charge in [0, 0.05) is 25.3 Å². The number of hydrogen-bond donors (Lipinski definition) is 2. The van der Waals surface area contributed by atoms with Crippen LogP contribution in [0.15, 0.2) is 18.3 Å². The van der Waals surface area contributed by atoms with Crippen molar-refractivity contribution in [1.82, 2.24) is 9.47 Å². The van der Waals surface area contributed by atoms with E-state index in [9.17, 15) is 9.59 Å². The molecular weight excluding hydrogens is 234 g/mol. The van der Waals surface area contributed by atoms with Gasteiger partial charge >= 0.3 is 5.97 Å². The van der Waals surface area contributed by atoms with E-state index in [-0.39, 0.29) is 24.2 Å². The largest absolute Gasteiger partial charge is 0.477 e. The molecule has 0 saturated carbocycles. The van der Waals surface area contributed by atoms with E-state index in [4.69, 9.17) is 10.8 Å². The minimum atomic E-state index is -1.02. The van der Waals surface area contributed by atoms with Gasteiger partial charge in [-0.2, -0.15) is 0 Å². The molecule has 2 rings (SSSR count). The molecule has 0 radical (unpaired) electrons. The van der Waals surface area contributed by atoms with Crippen LogP contribution in [0.3, 0.4) is 0 Å². The van der Waals surface area contributed by atoms with Gasteiger partial charge in [-0.1, -0.05) is 0 Å². The number of carboxylic acid groups (broad SMARTS) is 1. The molecule has 98 valence electrons. The van der Waals surface area contributed by atoms with Gasteiger partial charge in [0.05, 0.1) is 0 Å². The van der Waals surface area contributed by atoms with Crippen molar-refractivity contribution in [3.63, 3.8) is 0 Å². The van der Waals surface area contributed by atoms with E-state index < -0.39 is 5.97 Å². The summed E-state index contributed by atoms with van der Waals surface area (Å²) in [4.78, 5) is 24.7. The van der Waals surface area contributed by atoms with Crippen molar-refractivity contribution >= 4 is 11.9 Å². The van der Waals surface area contributed by atoms with E-state index in [1.54, 1.807) is 17.2 Å². The fourth-order valence-electron chi connectivity index (χ4n) is 2.23. The summed E-state index contributed by atoms with van der Waals surface area (Å²) in [6.07, 6.45) is 3.45. The molecule has 1 saturated heterocycles. The second kappa shape index (κ2) is 5.22. The number of likely N-dealkylation sites (tertiary alicyclic amines) is 1. The average molecular weight is 251 g/mol. The fraction of sp³-hybridized carbons (Fsp3) is 0.500. The lowest BCUT2D eigenvalue weighted by molar-refractivity contribution is -0.133. The van der Waals surface area contributed by atoms with Crippen molar-refractivity contribution in [2.75, 3.05) is 13.1 Å². The van der Waals surface area contributed by atoms with Crippen LogP contribution in [0, 0.1) is 0 Å². The number of carbonyl (C=O) groups is 2. The van der Waals surface area contributed by atoms with Gasteiger partial charge < -0.3 is 20.3 Å². The molecule has 1 aliphatic rings. The van der Waals surface area contributed by atoms with Gasteiger partial charge in [-0.25, -0.2) is 4.79 Å². The number of hydrogen-bond acceptors (Lipinski definition) is 3. The van der Waals surface area contributed by atoms with E-state index >= 15 is 0 Å². The summed E-state index contributed by atoms with van der Waals surface area (Å²) in [6.45, 7) is 1.32. The Bertz CT molecular complexity index is 455. The molecule has 3 N–H and O–H groups in total. The maximum atomic E-state index is 12.0. The first-order valence-electron chi connectivity index (χ1n) is 5.99. The molecule has 1 aromatic rings. The summed E-state index contributed by atoms with van der Waals surface area (Å²) in [5.41, 5.74) is 5.95. The number of nitrogens with two attached hydrogens (primary N) is 1. The zero-order valence-electron chi connectivity index (χ0n) is 10.1. The van der Waals surface area contributed by atoms with Gasteiger partial charge in [-0.3, -0.25) is 4.79 Å². The van der Waals surface area contributed by atoms with Crippen LogP contribution in [0.2, 0.25) is 0 Å². The topological polar surface area (TPSA) is 88.6 Å². The molecule has 1 unspecified atom stereocenters. The van der Waals surface area contributed by atoms with Crippen LogP contribution in [-0.2, 0) is 11.3 Å². The summed E-state index contributed by atoms with van der Waals surface area (Å²) in [7, 11) is 0. The number of nitrogens with zero attached hydrogens (tertiary/aromatic N) is 2. The fourth-order valence-corrected chi connectivity index (χ4v) is 2.23. The third-order valence-electron chi connectivity index (χ3n) is 3.16. The molecule has 6 heteroatoms. The maximum Gasteiger partial charge on any atom is 0.352 e. The third-order valence-corrected chi connectivity index (χ3v) is 3.16. The van der Waals surface area contributed by atoms with Crippen molar-refractivity contribution in [2.24, 2.45) is 5.73 Å². The quantitative estimate of drug-likeness (QED) is 0.799. The van der Waals surface area contributed by atoms with Crippen molar-refractivity contribution in [1.29, 1.82) is 0 Å². The molecule has 1 aliphatic heterocycles. The van der Waals surface area contributed by atoms with E-state index in [1.165, 1.54) is 10.6 Å². The van der Waals surface area contributed by atoms with E-state index in [0.29, 0.717) is 13.1 Å². The SMILES string of the molecule is NC1CCCN(C(=O)Cn2cccc2C(=O)O)C1. The molecule has 1 amide bonds. The van der Waals surface area contributed by atoms with E-state index in [0.717, 1.165) is 12.8 Å². The Labute approximate surface area is 105 Å². The number of carboxylic acids is 1. The van der Waals surface area contributed by atoms with Crippen LogP contribution in [0.1, 0.15) is 23.3 Å². The highest BCUT2D eigenvalue weighted by Gasteiger charge is 2.22. The Kier molecular flexibility index (Phi) is 3.66. The number of piperidine rings is 1. The highest BCUT2D eigenvalue weighted by Crippen LogP contribution is 2.10. The monoisotopic (exact) mass is 251 g/mol. The Hall–Kier alpha value is -1.82. The van der Waals surface area contributed by atoms with Crippen molar-refractivity contribution in [3.05, 3.63) is 24.0 Å².